The van der Waals surface area contributed by atoms with Crippen molar-refractivity contribution in [2.24, 2.45) is 0 Å². The zero-order chi connectivity index (χ0) is 14.7. The van der Waals surface area contributed by atoms with E-state index in [-0.39, 0.29) is 0 Å². The van der Waals surface area contributed by atoms with Gasteiger partial charge in [0, 0.05) is 5.56 Å². The third-order valence-electron chi connectivity index (χ3n) is 3.12. The van der Waals surface area contributed by atoms with Crippen LogP contribution in [0.4, 0.5) is 0 Å². The summed E-state index contributed by atoms with van der Waals surface area (Å²) in [6.45, 7) is 3.73. The molecule has 5 nitrogen and oxygen atoms in total. The number of methoxy groups -OCH3 is 1. The minimum Gasteiger partial charge on any atom is -0.497 e. The van der Waals surface area contributed by atoms with E-state index in [1.54, 1.807) is 13.2 Å². The second kappa shape index (κ2) is 5.58. The zero-order valence-corrected chi connectivity index (χ0v) is 11.6. The molecule has 1 heterocycles. The predicted molar refractivity (Wildman–Crippen MR) is 81.2 cm³/mol. The second-order valence-corrected chi connectivity index (χ2v) is 4.43. The van der Waals surface area contributed by atoms with E-state index in [0.29, 0.717) is 5.82 Å². The van der Waals surface area contributed by atoms with Crippen LogP contribution >= 0.6 is 0 Å². The predicted octanol–water partition coefficient (Wildman–Crippen LogP) is 2.98. The molecular weight excluding hydrogens is 264 g/mol. The molecule has 0 spiro atoms. The number of benzene rings is 2. The Bertz CT molecular complexity index is 745. The first-order valence-corrected chi connectivity index (χ1v) is 6.47. The molecule has 21 heavy (non-hydrogen) atoms. The van der Waals surface area contributed by atoms with E-state index in [0.717, 1.165) is 22.6 Å². The lowest BCUT2D eigenvalue weighted by atomic mass is 10.1. The van der Waals surface area contributed by atoms with Crippen LogP contribution in [0, 0.1) is 0 Å². The Morgan fingerprint density at radius 1 is 1.05 bits per heavy atom. The largest absolute Gasteiger partial charge is 0.497 e. The summed E-state index contributed by atoms with van der Waals surface area (Å²) in [5.74, 6) is 1.38. The van der Waals surface area contributed by atoms with Crippen LogP contribution in [0.25, 0.3) is 23.2 Å². The van der Waals surface area contributed by atoms with Crippen LogP contribution in [0.3, 0.4) is 0 Å². The molecule has 0 radical (unpaired) electrons. The number of aromatic nitrogens is 4. The summed E-state index contributed by atoms with van der Waals surface area (Å²) in [6, 6.07) is 15.3. The number of hydrogen-bond donors (Lipinski definition) is 0. The molecule has 3 aromatic rings. The van der Waals surface area contributed by atoms with Gasteiger partial charge in [-0.05, 0) is 35.0 Å². The third-order valence-corrected chi connectivity index (χ3v) is 3.12. The van der Waals surface area contributed by atoms with E-state index in [4.69, 9.17) is 4.74 Å². The highest BCUT2D eigenvalue weighted by atomic mass is 16.5. The SMILES string of the molecule is C=Cc1ccc(-c2nnn(-c3ccc(OC)cc3)n2)cc1. The van der Waals surface area contributed by atoms with Crippen molar-refractivity contribution in [1.82, 2.24) is 20.2 Å². The molecule has 3 rings (SSSR count). The van der Waals surface area contributed by atoms with Gasteiger partial charge in [0.2, 0.25) is 5.82 Å². The van der Waals surface area contributed by atoms with E-state index in [1.165, 1.54) is 4.80 Å². The first kappa shape index (κ1) is 13.1. The van der Waals surface area contributed by atoms with Gasteiger partial charge >= 0.3 is 0 Å². The van der Waals surface area contributed by atoms with E-state index in [9.17, 15) is 0 Å². The molecule has 0 saturated carbocycles. The number of tetrazole rings is 1. The van der Waals surface area contributed by atoms with E-state index in [2.05, 4.69) is 22.0 Å². The monoisotopic (exact) mass is 278 g/mol. The van der Waals surface area contributed by atoms with Crippen molar-refractivity contribution in [3.8, 4) is 22.8 Å². The summed E-state index contributed by atoms with van der Waals surface area (Å²) in [5.41, 5.74) is 2.80. The van der Waals surface area contributed by atoms with Crippen LogP contribution in [0.2, 0.25) is 0 Å². The molecule has 0 unspecified atom stereocenters. The summed E-state index contributed by atoms with van der Waals surface area (Å²) in [4.78, 5) is 1.50. The summed E-state index contributed by atoms with van der Waals surface area (Å²) in [7, 11) is 1.63. The topological polar surface area (TPSA) is 52.8 Å². The lowest BCUT2D eigenvalue weighted by molar-refractivity contribution is 0.414. The van der Waals surface area contributed by atoms with Gasteiger partial charge in [-0.2, -0.15) is 0 Å². The first-order chi connectivity index (χ1) is 10.3. The number of nitrogens with zero attached hydrogens (tertiary/aromatic N) is 4. The van der Waals surface area contributed by atoms with Crippen molar-refractivity contribution >= 4 is 6.08 Å². The molecular formula is C16H14N4O. The summed E-state index contributed by atoms with van der Waals surface area (Å²) >= 11 is 0. The maximum Gasteiger partial charge on any atom is 0.205 e. The quantitative estimate of drug-likeness (QED) is 0.736. The van der Waals surface area contributed by atoms with Gasteiger partial charge in [-0.3, -0.25) is 0 Å². The van der Waals surface area contributed by atoms with Gasteiger partial charge in [0.25, 0.3) is 0 Å². The van der Waals surface area contributed by atoms with Gasteiger partial charge in [0.1, 0.15) is 5.75 Å². The number of hydrogen-bond acceptors (Lipinski definition) is 4. The van der Waals surface area contributed by atoms with Crippen molar-refractivity contribution in [3.05, 3.63) is 60.7 Å². The van der Waals surface area contributed by atoms with Gasteiger partial charge in [0.05, 0.1) is 12.8 Å². The Balaban J connectivity index is 1.89. The molecule has 0 saturated heterocycles. The molecule has 104 valence electrons. The van der Waals surface area contributed by atoms with Crippen molar-refractivity contribution in [3.63, 3.8) is 0 Å². The lowest BCUT2D eigenvalue weighted by Crippen LogP contribution is -1.98. The maximum atomic E-state index is 5.13. The number of rotatable bonds is 4. The standard InChI is InChI=1S/C16H14N4O/c1-3-12-4-6-13(7-5-12)16-17-19-20(18-16)14-8-10-15(21-2)11-9-14/h3-11H,1H2,2H3. The average Bonchev–Trinajstić information content (AvgIpc) is 3.05. The Morgan fingerprint density at radius 2 is 1.76 bits per heavy atom. The normalized spacial score (nSPS) is 10.3. The van der Waals surface area contributed by atoms with Crippen molar-refractivity contribution < 1.29 is 4.74 Å². The van der Waals surface area contributed by atoms with Crippen LogP contribution in [0.1, 0.15) is 5.56 Å². The highest BCUT2D eigenvalue weighted by Crippen LogP contribution is 2.17. The molecule has 1 aromatic heterocycles. The molecule has 0 aliphatic carbocycles. The van der Waals surface area contributed by atoms with Gasteiger partial charge in [-0.15, -0.1) is 15.0 Å². The van der Waals surface area contributed by atoms with Gasteiger partial charge in [0.15, 0.2) is 0 Å². The van der Waals surface area contributed by atoms with Crippen LogP contribution in [0.5, 0.6) is 5.75 Å². The van der Waals surface area contributed by atoms with Gasteiger partial charge in [-0.1, -0.05) is 36.9 Å². The molecule has 5 heteroatoms. The summed E-state index contributed by atoms with van der Waals surface area (Å²) in [5, 5.41) is 12.6. The molecule has 2 aromatic carbocycles. The van der Waals surface area contributed by atoms with Crippen LogP contribution in [0.15, 0.2) is 55.1 Å². The van der Waals surface area contributed by atoms with Crippen molar-refractivity contribution in [2.45, 2.75) is 0 Å². The minimum atomic E-state index is 0.585. The van der Waals surface area contributed by atoms with E-state index >= 15 is 0 Å². The highest BCUT2D eigenvalue weighted by Gasteiger charge is 2.07. The van der Waals surface area contributed by atoms with Crippen LogP contribution < -0.4 is 4.74 Å². The van der Waals surface area contributed by atoms with Crippen LogP contribution in [-0.4, -0.2) is 27.3 Å². The molecule has 0 N–H and O–H groups in total. The lowest BCUT2D eigenvalue weighted by Gasteiger charge is -2.01. The molecule has 0 amide bonds. The fourth-order valence-corrected chi connectivity index (χ4v) is 1.92. The maximum absolute atomic E-state index is 5.13. The average molecular weight is 278 g/mol. The van der Waals surface area contributed by atoms with Crippen molar-refractivity contribution in [1.29, 1.82) is 0 Å². The Kier molecular flexibility index (Phi) is 3.47. The second-order valence-electron chi connectivity index (χ2n) is 4.43. The minimum absolute atomic E-state index is 0.585. The molecule has 0 aliphatic rings. The van der Waals surface area contributed by atoms with E-state index in [1.807, 2.05) is 48.5 Å². The first-order valence-electron chi connectivity index (χ1n) is 6.47. The Morgan fingerprint density at radius 3 is 2.38 bits per heavy atom. The number of ether oxygens (including phenoxy) is 1. The smallest absolute Gasteiger partial charge is 0.205 e. The molecule has 0 bridgehead atoms. The Labute approximate surface area is 122 Å². The third kappa shape index (κ3) is 2.67. The highest BCUT2D eigenvalue weighted by molar-refractivity contribution is 5.58. The van der Waals surface area contributed by atoms with Gasteiger partial charge in [-0.25, -0.2) is 0 Å². The van der Waals surface area contributed by atoms with Crippen LogP contribution in [-0.2, 0) is 0 Å². The fraction of sp³-hybridized carbons (Fsp3) is 0.0625. The van der Waals surface area contributed by atoms with Gasteiger partial charge < -0.3 is 4.74 Å². The summed E-state index contributed by atoms with van der Waals surface area (Å²) < 4.78 is 5.13. The van der Waals surface area contributed by atoms with E-state index < -0.39 is 0 Å². The zero-order valence-electron chi connectivity index (χ0n) is 11.6. The Hall–Kier alpha value is -2.95. The van der Waals surface area contributed by atoms with Crippen molar-refractivity contribution in [2.75, 3.05) is 7.11 Å². The summed E-state index contributed by atoms with van der Waals surface area (Å²) in [6.07, 6.45) is 1.80. The molecule has 0 aliphatic heterocycles. The fourth-order valence-electron chi connectivity index (χ4n) is 1.92. The molecule has 0 atom stereocenters. The molecule has 0 fully saturated rings.